The van der Waals surface area contributed by atoms with Crippen LogP contribution in [0, 0.1) is 6.92 Å². The van der Waals surface area contributed by atoms with E-state index in [9.17, 15) is 9.59 Å². The van der Waals surface area contributed by atoms with Crippen molar-refractivity contribution in [2.75, 3.05) is 10.6 Å². The fraction of sp³-hybridized carbons (Fsp3) is 0.0400. The number of carbonyl (C=O) groups excluding carboxylic acids is 2. The molecule has 0 unspecified atom stereocenters. The van der Waals surface area contributed by atoms with Crippen molar-refractivity contribution >= 4 is 81.7 Å². The van der Waals surface area contributed by atoms with Crippen LogP contribution in [-0.4, -0.2) is 11.8 Å². The highest BCUT2D eigenvalue weighted by Crippen LogP contribution is 2.25. The number of benzene rings is 3. The molecule has 0 atom stereocenters. The second-order valence-electron chi connectivity index (χ2n) is 7.03. The second-order valence-corrected chi connectivity index (χ2v) is 8.71. The molecule has 0 aliphatic carbocycles. The summed E-state index contributed by atoms with van der Waals surface area (Å²) in [5, 5.41) is 7.42. The summed E-state index contributed by atoms with van der Waals surface area (Å²) >= 11 is 24.0. The van der Waals surface area contributed by atoms with Crippen LogP contribution in [0.15, 0.2) is 66.7 Å². The Bertz CT molecular complexity index is 1270. The Balaban J connectivity index is 1.71. The van der Waals surface area contributed by atoms with E-state index >= 15 is 0 Å². The maximum atomic E-state index is 12.5. The molecule has 33 heavy (non-hydrogen) atoms. The van der Waals surface area contributed by atoms with Crippen molar-refractivity contribution in [3.8, 4) is 0 Å². The fourth-order valence-electron chi connectivity index (χ4n) is 2.82. The highest BCUT2D eigenvalue weighted by atomic mass is 35.5. The Morgan fingerprint density at radius 2 is 1.15 bits per heavy atom. The van der Waals surface area contributed by atoms with Gasteiger partial charge in [0, 0.05) is 32.2 Å². The zero-order valence-corrected chi connectivity index (χ0v) is 20.4. The Morgan fingerprint density at radius 1 is 0.667 bits per heavy atom. The van der Waals surface area contributed by atoms with Gasteiger partial charge >= 0.3 is 0 Å². The van der Waals surface area contributed by atoms with E-state index in [0.717, 1.165) is 5.56 Å². The highest BCUT2D eigenvalue weighted by Gasteiger charge is 2.09. The number of hydrogen-bond acceptors (Lipinski definition) is 2. The average molecular weight is 520 g/mol. The molecule has 2 amide bonds. The maximum Gasteiger partial charge on any atom is 0.248 e. The molecule has 0 bridgehead atoms. The first kappa shape index (κ1) is 24.9. The first-order chi connectivity index (χ1) is 15.7. The van der Waals surface area contributed by atoms with Gasteiger partial charge in [0.25, 0.3) is 0 Å². The summed E-state index contributed by atoms with van der Waals surface area (Å²) in [6, 6.07) is 15.3. The molecule has 2 N–H and O–H groups in total. The van der Waals surface area contributed by atoms with Crippen LogP contribution in [0.25, 0.3) is 12.2 Å². The molecule has 3 aromatic carbocycles. The molecule has 0 aliphatic heterocycles. The predicted octanol–water partition coefficient (Wildman–Crippen LogP) is 7.91. The summed E-state index contributed by atoms with van der Waals surface area (Å²) in [6.07, 6.45) is 5.87. The van der Waals surface area contributed by atoms with E-state index in [0.29, 0.717) is 42.6 Å². The number of hydrogen-bond donors (Lipinski definition) is 2. The number of amides is 2. The van der Waals surface area contributed by atoms with Crippen molar-refractivity contribution in [1.82, 2.24) is 0 Å². The van der Waals surface area contributed by atoms with Crippen LogP contribution in [0.5, 0.6) is 0 Å². The molecule has 3 aromatic rings. The molecule has 0 fully saturated rings. The smallest absolute Gasteiger partial charge is 0.248 e. The van der Waals surface area contributed by atoms with E-state index < -0.39 is 0 Å². The normalized spacial score (nSPS) is 11.2. The topological polar surface area (TPSA) is 58.2 Å². The van der Waals surface area contributed by atoms with Gasteiger partial charge in [-0.15, -0.1) is 0 Å². The number of nitrogens with one attached hydrogen (secondary N) is 2. The van der Waals surface area contributed by atoms with E-state index in [1.807, 2.05) is 13.0 Å². The van der Waals surface area contributed by atoms with Crippen LogP contribution in [-0.2, 0) is 9.59 Å². The van der Waals surface area contributed by atoms with Gasteiger partial charge in [-0.3, -0.25) is 9.59 Å². The standard InChI is InChI=1S/C25H18Cl4N2O2/c1-15-2-9-22(30-24(32)10-5-16-3-7-18(26)13-20(16)28)23(12-15)31-25(33)11-6-17-4-8-19(27)14-21(17)29/h2-14H,1H3,(H,30,32)(H,31,33)/b10-5-,11-6+. The first-order valence-electron chi connectivity index (χ1n) is 9.70. The van der Waals surface area contributed by atoms with Crippen molar-refractivity contribution in [3.05, 3.63) is 104 Å². The second kappa shape index (κ2) is 11.4. The third kappa shape index (κ3) is 7.37. The van der Waals surface area contributed by atoms with Gasteiger partial charge in [-0.1, -0.05) is 64.6 Å². The summed E-state index contributed by atoms with van der Waals surface area (Å²) in [7, 11) is 0. The number of anilines is 2. The van der Waals surface area contributed by atoms with E-state index in [1.54, 1.807) is 60.7 Å². The Morgan fingerprint density at radius 3 is 1.64 bits per heavy atom. The number of halogens is 4. The monoisotopic (exact) mass is 518 g/mol. The summed E-state index contributed by atoms with van der Waals surface area (Å²) < 4.78 is 0. The lowest BCUT2D eigenvalue weighted by Crippen LogP contribution is -2.14. The third-order valence-corrected chi connectivity index (χ3v) is 5.57. The van der Waals surface area contributed by atoms with Crippen LogP contribution in [0.2, 0.25) is 20.1 Å². The van der Waals surface area contributed by atoms with Crippen molar-refractivity contribution in [1.29, 1.82) is 0 Å². The molecule has 0 spiro atoms. The Labute approximate surface area is 211 Å². The lowest BCUT2D eigenvalue weighted by Gasteiger charge is -2.11. The zero-order chi connectivity index (χ0) is 24.0. The molecule has 8 heteroatoms. The quantitative estimate of drug-likeness (QED) is 0.325. The zero-order valence-electron chi connectivity index (χ0n) is 17.3. The van der Waals surface area contributed by atoms with Crippen LogP contribution < -0.4 is 10.6 Å². The first-order valence-corrected chi connectivity index (χ1v) is 11.2. The predicted molar refractivity (Wildman–Crippen MR) is 139 cm³/mol. The lowest BCUT2D eigenvalue weighted by atomic mass is 10.1. The van der Waals surface area contributed by atoms with Crippen molar-refractivity contribution < 1.29 is 9.59 Å². The van der Waals surface area contributed by atoms with Gasteiger partial charge in [0.15, 0.2) is 0 Å². The van der Waals surface area contributed by atoms with Crippen molar-refractivity contribution in [2.45, 2.75) is 6.92 Å². The SMILES string of the molecule is Cc1ccc(NC(=O)/C=C\c2ccc(Cl)cc2Cl)c(NC(=O)/C=C/c2ccc(Cl)cc2Cl)c1. The van der Waals surface area contributed by atoms with Crippen LogP contribution in [0.3, 0.4) is 0 Å². The molecule has 168 valence electrons. The minimum absolute atomic E-state index is 0.384. The van der Waals surface area contributed by atoms with Crippen molar-refractivity contribution in [2.24, 2.45) is 0 Å². The maximum absolute atomic E-state index is 12.5. The molecular weight excluding hydrogens is 502 g/mol. The summed E-state index contributed by atoms with van der Waals surface area (Å²) in [4.78, 5) is 24.9. The van der Waals surface area contributed by atoms with E-state index in [1.165, 1.54) is 12.2 Å². The van der Waals surface area contributed by atoms with Gasteiger partial charge in [-0.2, -0.15) is 0 Å². The number of aryl methyl sites for hydroxylation is 1. The molecular formula is C25H18Cl4N2O2. The van der Waals surface area contributed by atoms with E-state index in [-0.39, 0.29) is 11.8 Å². The summed E-state index contributed by atoms with van der Waals surface area (Å²) in [6.45, 7) is 1.88. The van der Waals surface area contributed by atoms with Crippen molar-refractivity contribution in [3.63, 3.8) is 0 Å². The Kier molecular flexibility index (Phi) is 8.59. The minimum atomic E-state index is -0.385. The van der Waals surface area contributed by atoms with E-state index in [2.05, 4.69) is 10.6 Å². The van der Waals surface area contributed by atoms with E-state index in [4.69, 9.17) is 46.4 Å². The van der Waals surface area contributed by atoms with Gasteiger partial charge in [0.05, 0.1) is 11.4 Å². The Hall–Kier alpha value is -2.76. The molecule has 0 saturated heterocycles. The minimum Gasteiger partial charge on any atom is -0.321 e. The van der Waals surface area contributed by atoms with Gasteiger partial charge in [0.1, 0.15) is 0 Å². The molecule has 0 aromatic heterocycles. The summed E-state index contributed by atoms with van der Waals surface area (Å²) in [5.74, 6) is -0.769. The largest absolute Gasteiger partial charge is 0.321 e. The number of carbonyl (C=O) groups is 2. The average Bonchev–Trinajstić information content (AvgIpc) is 2.74. The molecule has 0 aliphatic rings. The molecule has 3 rings (SSSR count). The molecule has 0 heterocycles. The van der Waals surface area contributed by atoms with Crippen LogP contribution >= 0.6 is 46.4 Å². The molecule has 0 saturated carbocycles. The highest BCUT2D eigenvalue weighted by molar-refractivity contribution is 6.36. The van der Waals surface area contributed by atoms with Crippen LogP contribution in [0.1, 0.15) is 16.7 Å². The number of rotatable bonds is 6. The van der Waals surface area contributed by atoms with Gasteiger partial charge in [-0.05, 0) is 72.2 Å². The van der Waals surface area contributed by atoms with Crippen LogP contribution in [0.4, 0.5) is 11.4 Å². The van der Waals surface area contributed by atoms with Gasteiger partial charge in [-0.25, -0.2) is 0 Å². The summed E-state index contributed by atoms with van der Waals surface area (Å²) in [5.41, 5.74) is 3.12. The molecule has 4 nitrogen and oxygen atoms in total. The fourth-order valence-corrected chi connectivity index (χ4v) is 3.77. The van der Waals surface area contributed by atoms with Gasteiger partial charge < -0.3 is 10.6 Å². The molecule has 0 radical (unpaired) electrons. The third-order valence-electron chi connectivity index (χ3n) is 4.44. The lowest BCUT2D eigenvalue weighted by molar-refractivity contribution is -0.112. The van der Waals surface area contributed by atoms with Gasteiger partial charge in [0.2, 0.25) is 11.8 Å².